The van der Waals surface area contributed by atoms with Crippen LogP contribution >= 0.6 is 11.8 Å². The summed E-state index contributed by atoms with van der Waals surface area (Å²) >= 11 is 1.28. The minimum absolute atomic E-state index is 0.283. The summed E-state index contributed by atoms with van der Waals surface area (Å²) in [6.07, 6.45) is 0. The van der Waals surface area contributed by atoms with Gasteiger partial charge in [0.2, 0.25) is 6.54 Å². The van der Waals surface area contributed by atoms with Crippen molar-refractivity contribution in [1.29, 1.82) is 0 Å². The van der Waals surface area contributed by atoms with E-state index in [1.807, 2.05) is 35.8 Å². The van der Waals surface area contributed by atoms with E-state index >= 15 is 0 Å². The molecule has 2 aromatic carbocycles. The van der Waals surface area contributed by atoms with Crippen molar-refractivity contribution in [1.82, 2.24) is 14.8 Å². The van der Waals surface area contributed by atoms with E-state index in [1.54, 1.807) is 32.4 Å². The lowest BCUT2D eigenvalue weighted by molar-refractivity contribution is -0.479. The number of aryl methyl sites for hydroxylation is 1. The first-order valence-corrected chi connectivity index (χ1v) is 9.91. The fraction of sp³-hybridized carbons (Fsp3) is 0.300. The summed E-state index contributed by atoms with van der Waals surface area (Å²) in [7, 11) is 4.67. The number of hydrogen-bond donors (Lipinski definition) is 0. The zero-order valence-corrected chi connectivity index (χ0v) is 17.9. The zero-order chi connectivity index (χ0) is 21.7. The molecule has 0 saturated heterocycles. The van der Waals surface area contributed by atoms with Crippen LogP contribution in [0.1, 0.15) is 16.6 Å². The van der Waals surface area contributed by atoms with E-state index < -0.39 is 5.25 Å². The summed E-state index contributed by atoms with van der Waals surface area (Å²) in [4.78, 5) is 11.0. The molecule has 3 rings (SSSR count). The molecule has 158 valence electrons. The molecule has 0 fully saturated rings. The Hall–Kier alpha value is -3.27. The molecule has 0 saturated carbocycles. The maximum Gasteiger partial charge on any atom is 0.220 e. The third-order valence-electron chi connectivity index (χ3n) is 4.47. The highest BCUT2D eigenvalue weighted by Gasteiger charge is 2.25. The Morgan fingerprint density at radius 2 is 1.73 bits per heavy atom. The van der Waals surface area contributed by atoms with E-state index in [4.69, 9.17) is 14.2 Å². The topological polar surface area (TPSA) is 102 Å². The van der Waals surface area contributed by atoms with Gasteiger partial charge in [0.15, 0.2) is 16.7 Å². The summed E-state index contributed by atoms with van der Waals surface area (Å²) in [5.41, 5.74) is 1.57. The summed E-state index contributed by atoms with van der Waals surface area (Å²) in [6.45, 7) is 1.55. The minimum Gasteiger partial charge on any atom is -0.497 e. The quantitative estimate of drug-likeness (QED) is 0.288. The SMILES string of the molecule is COc1ccc(-n2c(C)nnc2S[C@@H](C[N+](=O)[O-])c2ccc(OC)c(OC)c2)cc1. The van der Waals surface area contributed by atoms with Crippen molar-refractivity contribution >= 4 is 11.8 Å². The minimum atomic E-state index is -0.500. The van der Waals surface area contributed by atoms with Crippen molar-refractivity contribution in [3.05, 3.63) is 64.0 Å². The third-order valence-corrected chi connectivity index (χ3v) is 5.65. The zero-order valence-electron chi connectivity index (χ0n) is 17.1. The molecule has 1 atom stereocenters. The van der Waals surface area contributed by atoms with Gasteiger partial charge in [0.25, 0.3) is 0 Å². The highest BCUT2D eigenvalue weighted by molar-refractivity contribution is 7.99. The molecule has 30 heavy (non-hydrogen) atoms. The molecule has 0 amide bonds. The predicted octanol–water partition coefficient (Wildman–Crippen LogP) is 3.71. The molecule has 9 nitrogen and oxygen atoms in total. The highest BCUT2D eigenvalue weighted by Crippen LogP contribution is 2.39. The number of ether oxygens (including phenoxy) is 3. The van der Waals surface area contributed by atoms with E-state index in [9.17, 15) is 10.1 Å². The van der Waals surface area contributed by atoms with E-state index in [0.29, 0.717) is 22.5 Å². The molecule has 0 N–H and O–H groups in total. The first kappa shape index (κ1) is 21.4. The van der Waals surface area contributed by atoms with Gasteiger partial charge in [-0.2, -0.15) is 0 Å². The highest BCUT2D eigenvalue weighted by atomic mass is 32.2. The van der Waals surface area contributed by atoms with Crippen molar-refractivity contribution in [2.24, 2.45) is 0 Å². The molecule has 0 spiro atoms. The number of aromatic nitrogens is 3. The van der Waals surface area contributed by atoms with Crippen molar-refractivity contribution in [3.8, 4) is 22.9 Å². The van der Waals surface area contributed by atoms with Gasteiger partial charge >= 0.3 is 0 Å². The second-order valence-electron chi connectivity index (χ2n) is 6.30. The predicted molar refractivity (Wildman–Crippen MR) is 113 cm³/mol. The molecule has 0 aliphatic heterocycles. The Morgan fingerprint density at radius 3 is 2.33 bits per heavy atom. The average Bonchev–Trinajstić information content (AvgIpc) is 3.12. The fourth-order valence-corrected chi connectivity index (χ4v) is 4.14. The van der Waals surface area contributed by atoms with E-state index in [0.717, 1.165) is 17.0 Å². The first-order valence-electron chi connectivity index (χ1n) is 9.03. The maximum absolute atomic E-state index is 11.4. The van der Waals surface area contributed by atoms with E-state index in [-0.39, 0.29) is 11.5 Å². The van der Waals surface area contributed by atoms with Gasteiger partial charge in [0.1, 0.15) is 16.8 Å². The Morgan fingerprint density at radius 1 is 1.03 bits per heavy atom. The van der Waals surface area contributed by atoms with Gasteiger partial charge in [-0.05, 0) is 48.9 Å². The number of nitro groups is 1. The van der Waals surface area contributed by atoms with E-state index in [1.165, 1.54) is 18.9 Å². The largest absolute Gasteiger partial charge is 0.497 e. The second kappa shape index (κ2) is 9.49. The van der Waals surface area contributed by atoms with Gasteiger partial charge in [0.05, 0.1) is 21.3 Å². The number of benzene rings is 2. The molecule has 1 heterocycles. The average molecular weight is 430 g/mol. The Balaban J connectivity index is 1.97. The van der Waals surface area contributed by atoms with Crippen LogP contribution in [0.5, 0.6) is 17.2 Å². The van der Waals surface area contributed by atoms with Crippen LogP contribution in [0, 0.1) is 17.0 Å². The summed E-state index contributed by atoms with van der Waals surface area (Å²) in [6, 6.07) is 12.7. The molecule has 0 radical (unpaired) electrons. The Bertz CT molecular complexity index is 1020. The summed E-state index contributed by atoms with van der Waals surface area (Å²) in [5.74, 6) is 2.48. The van der Waals surface area contributed by atoms with Gasteiger partial charge < -0.3 is 14.2 Å². The van der Waals surface area contributed by atoms with Gasteiger partial charge in [-0.25, -0.2) is 0 Å². The Labute approximate surface area is 178 Å². The normalized spacial score (nSPS) is 11.7. The number of hydrogen-bond acceptors (Lipinski definition) is 8. The third kappa shape index (κ3) is 4.65. The lowest BCUT2D eigenvalue weighted by atomic mass is 10.1. The first-order chi connectivity index (χ1) is 14.5. The number of rotatable bonds is 9. The molecular weight excluding hydrogens is 408 g/mol. The van der Waals surface area contributed by atoms with Crippen molar-refractivity contribution in [2.45, 2.75) is 17.3 Å². The number of nitrogens with zero attached hydrogens (tertiary/aromatic N) is 4. The molecule has 10 heteroatoms. The molecular formula is C20H22N4O5S. The molecule has 0 unspecified atom stereocenters. The lowest BCUT2D eigenvalue weighted by Crippen LogP contribution is -2.11. The van der Waals surface area contributed by atoms with Crippen LogP contribution in [0.25, 0.3) is 5.69 Å². The van der Waals surface area contributed by atoms with Crippen LogP contribution in [0.4, 0.5) is 0 Å². The smallest absolute Gasteiger partial charge is 0.220 e. The van der Waals surface area contributed by atoms with Crippen molar-refractivity contribution in [3.63, 3.8) is 0 Å². The van der Waals surface area contributed by atoms with Gasteiger partial charge in [-0.1, -0.05) is 17.8 Å². The van der Waals surface area contributed by atoms with Crippen LogP contribution in [-0.2, 0) is 0 Å². The van der Waals surface area contributed by atoms with Crippen LogP contribution in [-0.4, -0.2) is 47.6 Å². The summed E-state index contributed by atoms with van der Waals surface area (Å²) in [5, 5.41) is 19.8. The van der Waals surface area contributed by atoms with Crippen molar-refractivity contribution < 1.29 is 19.1 Å². The van der Waals surface area contributed by atoms with Crippen LogP contribution in [0.15, 0.2) is 47.6 Å². The van der Waals surface area contributed by atoms with Crippen LogP contribution in [0.2, 0.25) is 0 Å². The van der Waals surface area contributed by atoms with Gasteiger partial charge in [-0.15, -0.1) is 10.2 Å². The van der Waals surface area contributed by atoms with E-state index in [2.05, 4.69) is 10.2 Å². The van der Waals surface area contributed by atoms with Gasteiger partial charge in [0, 0.05) is 10.6 Å². The van der Waals surface area contributed by atoms with Crippen LogP contribution < -0.4 is 14.2 Å². The summed E-state index contributed by atoms with van der Waals surface area (Å²) < 4.78 is 17.7. The molecule has 3 aromatic rings. The van der Waals surface area contributed by atoms with Crippen molar-refractivity contribution in [2.75, 3.05) is 27.9 Å². The second-order valence-corrected chi connectivity index (χ2v) is 7.47. The van der Waals surface area contributed by atoms with Crippen LogP contribution in [0.3, 0.4) is 0 Å². The Kier molecular flexibility index (Phi) is 6.78. The monoisotopic (exact) mass is 430 g/mol. The standard InChI is InChI=1S/C20H22N4O5S/c1-13-21-22-20(24(13)15-6-8-16(27-2)9-7-15)30-19(12-23(25)26)14-5-10-17(28-3)18(11-14)29-4/h5-11,19H,12H2,1-4H3/t19-/m0/s1. The fourth-order valence-electron chi connectivity index (χ4n) is 2.97. The lowest BCUT2D eigenvalue weighted by Gasteiger charge is -2.16. The number of thioether (sulfide) groups is 1. The number of methoxy groups -OCH3 is 3. The maximum atomic E-state index is 11.4. The molecule has 0 aliphatic rings. The molecule has 0 aliphatic carbocycles. The molecule has 0 bridgehead atoms. The van der Waals surface area contributed by atoms with Gasteiger partial charge in [-0.3, -0.25) is 14.7 Å². The molecule has 1 aromatic heterocycles.